The van der Waals surface area contributed by atoms with Crippen LogP contribution in [0.15, 0.2) is 11.1 Å². The lowest BCUT2D eigenvalue weighted by atomic mass is 9.40. The molecule has 0 amide bonds. The van der Waals surface area contributed by atoms with E-state index in [1.807, 2.05) is 0 Å². The zero-order chi connectivity index (χ0) is 35.1. The molecule has 262 valence electrons. The van der Waals surface area contributed by atoms with E-state index in [9.17, 15) is 44.4 Å². The lowest BCUT2D eigenvalue weighted by Gasteiger charge is -2.67. The van der Waals surface area contributed by atoms with Crippen molar-refractivity contribution in [3.8, 4) is 0 Å². The van der Waals surface area contributed by atoms with Gasteiger partial charge in [-0.3, -0.25) is 19.2 Å². The van der Waals surface area contributed by atoms with Gasteiger partial charge in [0, 0.05) is 45.4 Å². The number of aliphatic hydroxyl groups is 4. The first-order chi connectivity index (χ1) is 21.6. The van der Waals surface area contributed by atoms with Gasteiger partial charge in [0.2, 0.25) is 0 Å². The summed E-state index contributed by atoms with van der Waals surface area (Å²) >= 11 is 0. The summed E-state index contributed by atoms with van der Waals surface area (Å²) in [7, 11) is 0. The molecule has 13 heteroatoms. The van der Waals surface area contributed by atoms with Gasteiger partial charge in [0.15, 0.2) is 0 Å². The Balaban J connectivity index is 1.61. The van der Waals surface area contributed by atoms with E-state index in [0.717, 1.165) is 6.92 Å². The number of ketones is 1. The number of carbonyl (C=O) groups excluding carboxylic acids is 5. The zero-order valence-corrected chi connectivity index (χ0v) is 28.2. The van der Waals surface area contributed by atoms with Gasteiger partial charge in [-0.15, -0.1) is 0 Å². The Hall–Kier alpha value is -2.87. The summed E-state index contributed by atoms with van der Waals surface area (Å²) in [6.45, 7) is 9.43. The van der Waals surface area contributed by atoms with E-state index >= 15 is 0 Å². The maximum absolute atomic E-state index is 13.8. The number of hydrogen-bond donors (Lipinski definition) is 4. The third kappa shape index (κ3) is 4.74. The SMILES string of the molecule is CC(=O)OCC1=C(C)C[C@H]([C@](C)(O)[C@]2(O)C[C@H](OC(C)=O)[C@@]3(O)[C@@H]4C[C@@H](OC(C)=O)[C@@]5(O)CCCC(=O)[C@]5(C)[C@H]4CC[C@@]32C)OC1=O. The van der Waals surface area contributed by atoms with Crippen molar-refractivity contribution in [2.75, 3.05) is 6.61 Å². The summed E-state index contributed by atoms with van der Waals surface area (Å²) < 4.78 is 22.1. The lowest BCUT2D eigenvalue weighted by Crippen LogP contribution is -2.77. The van der Waals surface area contributed by atoms with Gasteiger partial charge in [-0.2, -0.15) is 0 Å². The van der Waals surface area contributed by atoms with Crippen LogP contribution in [0.1, 0.15) is 99.8 Å². The van der Waals surface area contributed by atoms with E-state index in [1.165, 1.54) is 20.8 Å². The van der Waals surface area contributed by atoms with Crippen molar-refractivity contribution < 1.29 is 63.3 Å². The average molecular weight is 665 g/mol. The molecule has 0 saturated heterocycles. The molecule has 4 N–H and O–H groups in total. The smallest absolute Gasteiger partial charge is 0.337 e. The van der Waals surface area contributed by atoms with Crippen LogP contribution in [-0.4, -0.2) is 97.4 Å². The van der Waals surface area contributed by atoms with Crippen LogP contribution >= 0.6 is 0 Å². The molecule has 4 saturated carbocycles. The fraction of sp³-hybridized carbons (Fsp3) is 0.794. The highest BCUT2D eigenvalue weighted by molar-refractivity contribution is 5.91. The molecule has 47 heavy (non-hydrogen) atoms. The second-order valence-corrected chi connectivity index (χ2v) is 15.1. The third-order valence-corrected chi connectivity index (χ3v) is 13.0. The molecule has 0 unspecified atom stereocenters. The maximum Gasteiger partial charge on any atom is 0.337 e. The number of Topliss-reactive ketones (excluding diaryl/α,β-unsaturated/α-hetero) is 1. The fourth-order valence-corrected chi connectivity index (χ4v) is 10.3. The first-order valence-electron chi connectivity index (χ1n) is 16.4. The first kappa shape index (κ1) is 35.4. The van der Waals surface area contributed by atoms with Crippen molar-refractivity contribution in [3.63, 3.8) is 0 Å². The van der Waals surface area contributed by atoms with Crippen LogP contribution in [0.3, 0.4) is 0 Å². The van der Waals surface area contributed by atoms with E-state index in [1.54, 1.807) is 20.8 Å². The van der Waals surface area contributed by atoms with E-state index in [2.05, 4.69) is 0 Å². The van der Waals surface area contributed by atoms with Gasteiger partial charge in [0.25, 0.3) is 0 Å². The largest absolute Gasteiger partial charge is 0.461 e. The molecule has 0 aromatic heterocycles. The third-order valence-electron chi connectivity index (χ3n) is 13.0. The Morgan fingerprint density at radius 2 is 1.57 bits per heavy atom. The van der Waals surface area contributed by atoms with Crippen LogP contribution in [0, 0.1) is 22.7 Å². The Bertz CT molecular complexity index is 1420. The van der Waals surface area contributed by atoms with Crippen molar-refractivity contribution in [1.82, 2.24) is 0 Å². The summed E-state index contributed by atoms with van der Waals surface area (Å²) in [5.41, 5.74) is -10.7. The summed E-state index contributed by atoms with van der Waals surface area (Å²) in [4.78, 5) is 63.1. The molecule has 5 rings (SSSR count). The van der Waals surface area contributed by atoms with Crippen molar-refractivity contribution >= 4 is 29.7 Å². The molecule has 0 radical (unpaired) electrons. The molecule has 1 heterocycles. The van der Waals surface area contributed by atoms with Crippen LogP contribution in [0.2, 0.25) is 0 Å². The van der Waals surface area contributed by atoms with Crippen molar-refractivity contribution in [3.05, 3.63) is 11.1 Å². The number of cyclic esters (lactones) is 1. The van der Waals surface area contributed by atoms with Gasteiger partial charge in [-0.1, -0.05) is 12.5 Å². The van der Waals surface area contributed by atoms with Gasteiger partial charge in [-0.05, 0) is 64.7 Å². The highest BCUT2D eigenvalue weighted by Crippen LogP contribution is 2.72. The Labute approximate surface area is 274 Å². The predicted octanol–water partition coefficient (Wildman–Crippen LogP) is 1.59. The van der Waals surface area contributed by atoms with Crippen molar-refractivity contribution in [1.29, 1.82) is 0 Å². The van der Waals surface area contributed by atoms with Crippen LogP contribution < -0.4 is 0 Å². The fourth-order valence-electron chi connectivity index (χ4n) is 10.3. The summed E-state index contributed by atoms with van der Waals surface area (Å²) in [5, 5.41) is 50.5. The monoisotopic (exact) mass is 664 g/mol. The Morgan fingerprint density at radius 3 is 2.15 bits per heavy atom. The molecule has 0 spiro atoms. The first-order valence-corrected chi connectivity index (χ1v) is 16.4. The number of ether oxygens (including phenoxy) is 4. The molecular formula is C34H48O13. The van der Waals surface area contributed by atoms with E-state index in [4.69, 9.17) is 18.9 Å². The van der Waals surface area contributed by atoms with E-state index in [0.29, 0.717) is 12.0 Å². The minimum Gasteiger partial charge on any atom is -0.461 e. The van der Waals surface area contributed by atoms with Crippen LogP contribution in [-0.2, 0) is 42.9 Å². The molecular weight excluding hydrogens is 616 g/mol. The number of esters is 4. The minimum absolute atomic E-state index is 0.0232. The minimum atomic E-state index is -2.24. The van der Waals surface area contributed by atoms with Crippen LogP contribution in [0.5, 0.6) is 0 Å². The summed E-state index contributed by atoms with van der Waals surface area (Å²) in [6, 6.07) is 0. The molecule has 4 aliphatic carbocycles. The van der Waals surface area contributed by atoms with Crippen molar-refractivity contribution in [2.45, 2.75) is 141 Å². The number of hydrogen-bond acceptors (Lipinski definition) is 13. The zero-order valence-electron chi connectivity index (χ0n) is 28.2. The van der Waals surface area contributed by atoms with E-state index < -0.39 is 93.7 Å². The molecule has 1 aliphatic heterocycles. The topological polar surface area (TPSA) is 203 Å². The highest BCUT2D eigenvalue weighted by Gasteiger charge is 2.82. The van der Waals surface area contributed by atoms with Crippen LogP contribution in [0.25, 0.3) is 0 Å². The van der Waals surface area contributed by atoms with E-state index in [-0.39, 0.29) is 56.5 Å². The van der Waals surface area contributed by atoms with Gasteiger partial charge in [0.05, 0.1) is 11.0 Å². The number of rotatable bonds is 6. The molecule has 4 fully saturated rings. The molecule has 5 aliphatic rings. The van der Waals surface area contributed by atoms with Gasteiger partial charge < -0.3 is 39.4 Å². The summed E-state index contributed by atoms with van der Waals surface area (Å²) in [6.07, 6.45) is -3.37. The molecule has 11 atom stereocenters. The molecule has 0 bridgehead atoms. The standard InChI is InChI=1S/C34H48O13/c1-17-13-25(47-28(39)21(17)16-44-18(2)35)31(7,40)33(42)15-27(46-20(4)37)34(43)23-14-26(45-19(3)36)32(41)11-8-9-24(38)30(32,6)22(23)10-12-29(33,34)5/h22-23,25-27,40-43H,8-16H2,1-7H3/t22-,23+,25+,26+,27-,29+,30-,31-,32-,33-,34-/m0/s1. The average Bonchev–Trinajstić information content (AvgIpc) is 3.13. The Kier molecular flexibility index (Phi) is 8.56. The Morgan fingerprint density at radius 1 is 0.957 bits per heavy atom. The normalized spacial score (nSPS) is 44.3. The predicted molar refractivity (Wildman–Crippen MR) is 161 cm³/mol. The maximum atomic E-state index is 13.8. The quantitative estimate of drug-likeness (QED) is 0.236. The number of carbonyl (C=O) groups is 5. The lowest BCUT2D eigenvalue weighted by molar-refractivity contribution is -0.311. The van der Waals surface area contributed by atoms with Crippen LogP contribution in [0.4, 0.5) is 0 Å². The van der Waals surface area contributed by atoms with Gasteiger partial charge >= 0.3 is 23.9 Å². The van der Waals surface area contributed by atoms with Gasteiger partial charge in [-0.25, -0.2) is 4.79 Å². The molecule has 0 aromatic rings. The highest BCUT2D eigenvalue weighted by atomic mass is 16.6. The second kappa shape index (κ2) is 11.3. The second-order valence-electron chi connectivity index (χ2n) is 15.1. The van der Waals surface area contributed by atoms with Gasteiger partial charge in [0.1, 0.15) is 53.1 Å². The number of fused-ring (bicyclic) bond motifs is 5. The summed E-state index contributed by atoms with van der Waals surface area (Å²) in [5.74, 6) is -4.66. The molecule has 0 aromatic carbocycles. The molecule has 13 nitrogen and oxygen atoms in total. The van der Waals surface area contributed by atoms with Crippen molar-refractivity contribution in [2.24, 2.45) is 22.7 Å².